The zero-order valence-electron chi connectivity index (χ0n) is 16.7. The highest BCUT2D eigenvalue weighted by Crippen LogP contribution is 2.19. The highest BCUT2D eigenvalue weighted by molar-refractivity contribution is 14.0. The standard InChI is InChI=1S/C21H32N4O2.HI/c1-2-22-21(24-19-8-4-5-9-19)23-17-18-7-3-6-10-20(18)27-16-13-25-11-14-26-15-12-25;/h3-7,10,19H,2,8-9,11-17H2,1H3,(H2,22,23,24);1H. The molecule has 0 spiro atoms. The van der Waals surface area contributed by atoms with Crippen molar-refractivity contribution in [2.45, 2.75) is 32.4 Å². The van der Waals surface area contributed by atoms with Crippen LogP contribution in [0.25, 0.3) is 0 Å². The van der Waals surface area contributed by atoms with Crippen molar-refractivity contribution in [2.75, 3.05) is 46.0 Å². The third-order valence-electron chi connectivity index (χ3n) is 4.84. The average Bonchev–Trinajstić information content (AvgIpc) is 3.21. The topological polar surface area (TPSA) is 58.1 Å². The minimum atomic E-state index is 0. The lowest BCUT2D eigenvalue weighted by Crippen LogP contribution is -2.42. The van der Waals surface area contributed by atoms with E-state index >= 15 is 0 Å². The van der Waals surface area contributed by atoms with Gasteiger partial charge in [0.05, 0.1) is 19.8 Å². The number of para-hydroxylation sites is 1. The Bertz CT molecular complexity index is 625. The Balaban J connectivity index is 0.00000280. The fourth-order valence-corrected chi connectivity index (χ4v) is 3.30. The molecule has 1 saturated heterocycles. The molecule has 6 nitrogen and oxygen atoms in total. The van der Waals surface area contributed by atoms with Crippen molar-refractivity contribution in [2.24, 2.45) is 4.99 Å². The number of ether oxygens (including phenoxy) is 2. The number of rotatable bonds is 8. The first-order valence-electron chi connectivity index (χ1n) is 10.1. The minimum absolute atomic E-state index is 0. The van der Waals surface area contributed by atoms with Crippen LogP contribution >= 0.6 is 24.0 Å². The van der Waals surface area contributed by atoms with Gasteiger partial charge in [0, 0.05) is 37.8 Å². The monoisotopic (exact) mass is 500 g/mol. The Morgan fingerprint density at radius 1 is 1.21 bits per heavy atom. The summed E-state index contributed by atoms with van der Waals surface area (Å²) in [5.41, 5.74) is 1.11. The van der Waals surface area contributed by atoms with Gasteiger partial charge < -0.3 is 20.1 Å². The van der Waals surface area contributed by atoms with Crippen LogP contribution in [0.3, 0.4) is 0 Å². The van der Waals surface area contributed by atoms with Crippen molar-refractivity contribution in [3.63, 3.8) is 0 Å². The molecule has 2 aliphatic rings. The Hall–Kier alpha value is -1.32. The highest BCUT2D eigenvalue weighted by Gasteiger charge is 2.12. The van der Waals surface area contributed by atoms with Gasteiger partial charge in [-0.3, -0.25) is 4.90 Å². The molecule has 0 amide bonds. The third-order valence-corrected chi connectivity index (χ3v) is 4.84. The van der Waals surface area contributed by atoms with Crippen LogP contribution in [0.5, 0.6) is 5.75 Å². The maximum Gasteiger partial charge on any atom is 0.191 e. The lowest BCUT2D eigenvalue weighted by Gasteiger charge is -2.26. The smallest absolute Gasteiger partial charge is 0.191 e. The maximum atomic E-state index is 6.06. The molecule has 1 aromatic carbocycles. The van der Waals surface area contributed by atoms with Crippen molar-refractivity contribution in [3.05, 3.63) is 42.0 Å². The second-order valence-electron chi connectivity index (χ2n) is 6.89. The second-order valence-corrected chi connectivity index (χ2v) is 6.89. The van der Waals surface area contributed by atoms with Crippen LogP contribution in [0.15, 0.2) is 41.4 Å². The van der Waals surface area contributed by atoms with E-state index in [4.69, 9.17) is 14.5 Å². The molecule has 7 heteroatoms. The number of benzene rings is 1. The Labute approximate surface area is 185 Å². The van der Waals surface area contributed by atoms with Crippen molar-refractivity contribution in [3.8, 4) is 5.75 Å². The summed E-state index contributed by atoms with van der Waals surface area (Å²) in [6, 6.07) is 8.63. The highest BCUT2D eigenvalue weighted by atomic mass is 127. The van der Waals surface area contributed by atoms with E-state index in [1.165, 1.54) is 0 Å². The largest absolute Gasteiger partial charge is 0.492 e. The fraction of sp³-hybridized carbons (Fsp3) is 0.571. The zero-order chi connectivity index (χ0) is 18.7. The number of halogens is 1. The van der Waals surface area contributed by atoms with E-state index in [9.17, 15) is 0 Å². The molecule has 1 heterocycles. The molecule has 1 aromatic rings. The number of morpholine rings is 1. The zero-order valence-corrected chi connectivity index (χ0v) is 19.1. The average molecular weight is 500 g/mol. The number of guanidine groups is 1. The number of aliphatic imine (C=N–C) groups is 1. The lowest BCUT2D eigenvalue weighted by atomic mass is 10.2. The van der Waals surface area contributed by atoms with Crippen molar-refractivity contribution < 1.29 is 9.47 Å². The molecule has 28 heavy (non-hydrogen) atoms. The Kier molecular flexibility index (Phi) is 10.7. The molecule has 1 aliphatic carbocycles. The van der Waals surface area contributed by atoms with Crippen LogP contribution in [0, 0.1) is 0 Å². The van der Waals surface area contributed by atoms with E-state index < -0.39 is 0 Å². The maximum absolute atomic E-state index is 6.06. The van der Waals surface area contributed by atoms with Crippen molar-refractivity contribution in [1.29, 1.82) is 0 Å². The normalized spacial score (nSPS) is 18.0. The number of nitrogens with zero attached hydrogens (tertiary/aromatic N) is 2. The van der Waals surface area contributed by atoms with Crippen molar-refractivity contribution in [1.82, 2.24) is 15.5 Å². The third kappa shape index (κ3) is 7.60. The first kappa shape index (κ1) is 23.0. The van der Waals surface area contributed by atoms with Gasteiger partial charge in [-0.15, -0.1) is 24.0 Å². The van der Waals surface area contributed by atoms with Gasteiger partial charge >= 0.3 is 0 Å². The van der Waals surface area contributed by atoms with Gasteiger partial charge in [-0.25, -0.2) is 4.99 Å². The Morgan fingerprint density at radius 2 is 1.96 bits per heavy atom. The molecule has 2 N–H and O–H groups in total. The van der Waals surface area contributed by atoms with Crippen LogP contribution in [0.1, 0.15) is 25.3 Å². The summed E-state index contributed by atoms with van der Waals surface area (Å²) in [6.07, 6.45) is 6.56. The second kappa shape index (κ2) is 13.0. The molecule has 0 atom stereocenters. The number of hydrogen-bond acceptors (Lipinski definition) is 4. The van der Waals surface area contributed by atoms with Gasteiger partial charge in [-0.05, 0) is 25.8 Å². The summed E-state index contributed by atoms with van der Waals surface area (Å²) >= 11 is 0. The number of hydrogen-bond donors (Lipinski definition) is 2. The van der Waals surface area contributed by atoms with Gasteiger partial charge in [-0.2, -0.15) is 0 Å². The molecule has 3 rings (SSSR count). The van der Waals surface area contributed by atoms with Crippen LogP contribution in [-0.4, -0.2) is 62.9 Å². The summed E-state index contributed by atoms with van der Waals surface area (Å²) in [6.45, 7) is 8.78. The van der Waals surface area contributed by atoms with Crippen LogP contribution in [0.4, 0.5) is 0 Å². The molecule has 0 aromatic heterocycles. The first-order chi connectivity index (χ1) is 13.3. The molecular formula is C21H33IN4O2. The predicted octanol–water partition coefficient (Wildman–Crippen LogP) is 2.79. The minimum Gasteiger partial charge on any atom is -0.492 e. The Morgan fingerprint density at radius 3 is 2.71 bits per heavy atom. The summed E-state index contributed by atoms with van der Waals surface area (Å²) < 4.78 is 11.5. The van der Waals surface area contributed by atoms with Crippen LogP contribution < -0.4 is 15.4 Å². The molecule has 0 unspecified atom stereocenters. The van der Waals surface area contributed by atoms with Gasteiger partial charge in [0.25, 0.3) is 0 Å². The van der Waals surface area contributed by atoms with E-state index in [2.05, 4.69) is 40.7 Å². The van der Waals surface area contributed by atoms with Gasteiger partial charge in [0.2, 0.25) is 0 Å². The summed E-state index contributed by atoms with van der Waals surface area (Å²) in [5.74, 6) is 1.79. The lowest BCUT2D eigenvalue weighted by molar-refractivity contribution is 0.0322. The van der Waals surface area contributed by atoms with E-state index in [1.54, 1.807) is 0 Å². The molecule has 156 valence electrons. The van der Waals surface area contributed by atoms with E-state index in [0.717, 1.165) is 69.5 Å². The molecule has 1 aliphatic heterocycles. The quantitative estimate of drug-likeness (QED) is 0.249. The molecule has 0 radical (unpaired) electrons. The fourth-order valence-electron chi connectivity index (χ4n) is 3.30. The van der Waals surface area contributed by atoms with E-state index in [0.29, 0.717) is 19.2 Å². The summed E-state index contributed by atoms with van der Waals surface area (Å²) in [5, 5.41) is 6.85. The molecule has 0 saturated carbocycles. The van der Waals surface area contributed by atoms with Crippen molar-refractivity contribution >= 4 is 29.9 Å². The molecular weight excluding hydrogens is 467 g/mol. The predicted molar refractivity (Wildman–Crippen MR) is 125 cm³/mol. The van der Waals surface area contributed by atoms with Crippen LogP contribution in [-0.2, 0) is 11.3 Å². The molecule has 0 bridgehead atoms. The number of nitrogens with one attached hydrogen (secondary N) is 2. The van der Waals surface area contributed by atoms with Gasteiger partial charge in [-0.1, -0.05) is 30.4 Å². The van der Waals surface area contributed by atoms with Crippen LogP contribution in [0.2, 0.25) is 0 Å². The van der Waals surface area contributed by atoms with E-state index in [-0.39, 0.29) is 24.0 Å². The summed E-state index contributed by atoms with van der Waals surface area (Å²) in [4.78, 5) is 7.15. The first-order valence-corrected chi connectivity index (χ1v) is 10.1. The van der Waals surface area contributed by atoms with E-state index in [1.807, 2.05) is 18.2 Å². The van der Waals surface area contributed by atoms with Gasteiger partial charge in [0.15, 0.2) is 5.96 Å². The molecule has 1 fully saturated rings. The summed E-state index contributed by atoms with van der Waals surface area (Å²) in [7, 11) is 0. The van der Waals surface area contributed by atoms with Gasteiger partial charge in [0.1, 0.15) is 12.4 Å². The SMILES string of the molecule is CCNC(=NCc1ccccc1OCCN1CCOCC1)NC1CC=CC1.I.